The fraction of sp³-hybridized carbons (Fsp3) is 0.200. The predicted octanol–water partition coefficient (Wildman–Crippen LogP) is 5.22. The van der Waals surface area contributed by atoms with Crippen molar-refractivity contribution >= 4 is 33.7 Å². The molecule has 6 nitrogen and oxygen atoms in total. The number of aryl methyl sites for hydroxylation is 4. The molecular weight excluding hydrogens is 324 g/mol. The van der Waals surface area contributed by atoms with Crippen LogP contribution in [0.15, 0.2) is 46.9 Å². The largest absolute Gasteiger partial charge is 0.251 e. The van der Waals surface area contributed by atoms with Gasteiger partial charge >= 0.3 is 0 Å². The Morgan fingerprint density at radius 1 is 0.538 bits per heavy atom. The quantitative estimate of drug-likeness (QED) is 0.468. The van der Waals surface area contributed by atoms with Crippen LogP contribution in [0.4, 0.5) is 11.6 Å². The minimum atomic E-state index is 0.447. The van der Waals surface area contributed by atoms with E-state index in [1.54, 1.807) is 12.4 Å². The van der Waals surface area contributed by atoms with E-state index in [4.69, 9.17) is 0 Å². The summed E-state index contributed by atoms with van der Waals surface area (Å²) in [5, 5.41) is 8.35. The van der Waals surface area contributed by atoms with E-state index in [9.17, 15) is 0 Å². The van der Waals surface area contributed by atoms with Crippen molar-refractivity contribution in [2.45, 2.75) is 27.7 Å². The zero-order valence-corrected chi connectivity index (χ0v) is 15.1. The molecule has 0 unspecified atom stereocenters. The summed E-state index contributed by atoms with van der Waals surface area (Å²) < 4.78 is 0. The third kappa shape index (κ3) is 3.01. The van der Waals surface area contributed by atoms with Gasteiger partial charge in [-0.3, -0.25) is 9.97 Å². The molecular formula is C20H18N6. The van der Waals surface area contributed by atoms with E-state index in [1.165, 1.54) is 22.3 Å². The van der Waals surface area contributed by atoms with Crippen LogP contribution in [0.3, 0.4) is 0 Å². The zero-order chi connectivity index (χ0) is 18.3. The second kappa shape index (κ2) is 6.22. The summed E-state index contributed by atoms with van der Waals surface area (Å²) in [4.78, 5) is 17.8. The van der Waals surface area contributed by atoms with Crippen molar-refractivity contribution < 1.29 is 0 Å². The molecule has 0 N–H and O–H groups in total. The molecule has 0 aliphatic carbocycles. The monoisotopic (exact) mass is 342 g/mol. The molecule has 0 aliphatic heterocycles. The van der Waals surface area contributed by atoms with Crippen LogP contribution in [0, 0.1) is 27.7 Å². The molecule has 4 aromatic rings. The Hall–Kier alpha value is -3.28. The molecule has 0 saturated carbocycles. The van der Waals surface area contributed by atoms with Gasteiger partial charge in [-0.05, 0) is 74.2 Å². The predicted molar refractivity (Wildman–Crippen MR) is 102 cm³/mol. The highest BCUT2D eigenvalue weighted by Crippen LogP contribution is 2.22. The lowest BCUT2D eigenvalue weighted by molar-refractivity contribution is 1.10. The van der Waals surface area contributed by atoms with Gasteiger partial charge in [0.2, 0.25) is 0 Å². The highest BCUT2D eigenvalue weighted by atomic mass is 15.2. The summed E-state index contributed by atoms with van der Waals surface area (Å²) >= 11 is 0. The molecule has 0 aliphatic rings. The molecule has 0 fully saturated rings. The van der Waals surface area contributed by atoms with E-state index in [0.717, 1.165) is 22.1 Å². The van der Waals surface area contributed by atoms with E-state index in [2.05, 4.69) is 57.9 Å². The molecule has 0 bridgehead atoms. The van der Waals surface area contributed by atoms with Crippen LogP contribution in [0.25, 0.3) is 22.1 Å². The maximum absolute atomic E-state index is 4.51. The maximum atomic E-state index is 4.51. The van der Waals surface area contributed by atoms with Crippen molar-refractivity contribution in [3.63, 3.8) is 0 Å². The average molecular weight is 342 g/mol. The molecule has 0 spiro atoms. The Morgan fingerprint density at radius 2 is 0.885 bits per heavy atom. The van der Waals surface area contributed by atoms with Crippen molar-refractivity contribution in [1.82, 2.24) is 19.9 Å². The molecule has 2 aromatic carbocycles. The van der Waals surface area contributed by atoms with Gasteiger partial charge in [-0.2, -0.15) is 0 Å². The molecule has 4 rings (SSSR count). The molecule has 2 aromatic heterocycles. The first-order chi connectivity index (χ1) is 12.5. The summed E-state index contributed by atoms with van der Waals surface area (Å²) in [5.41, 5.74) is 8.04. The highest BCUT2D eigenvalue weighted by Gasteiger charge is 2.04. The number of fused-ring (bicyclic) bond motifs is 2. The van der Waals surface area contributed by atoms with Gasteiger partial charge in [-0.15, -0.1) is 10.2 Å². The van der Waals surface area contributed by atoms with Crippen molar-refractivity contribution in [1.29, 1.82) is 0 Å². The van der Waals surface area contributed by atoms with Gasteiger partial charge in [-0.25, -0.2) is 9.97 Å². The first-order valence-electron chi connectivity index (χ1n) is 8.39. The molecule has 0 saturated heterocycles. The Balaban J connectivity index is 1.69. The number of hydrogen-bond acceptors (Lipinski definition) is 6. The SMILES string of the molecule is Cc1cc2ncc(/N=N/c3cnc4cc(C)c(C)cc4n3)nc2cc1C. The van der Waals surface area contributed by atoms with E-state index in [0.29, 0.717) is 11.6 Å². The Bertz CT molecular complexity index is 1090. The topological polar surface area (TPSA) is 76.3 Å². The van der Waals surface area contributed by atoms with E-state index >= 15 is 0 Å². The average Bonchev–Trinajstić information content (AvgIpc) is 2.62. The first kappa shape index (κ1) is 16.2. The molecule has 0 atom stereocenters. The van der Waals surface area contributed by atoms with Gasteiger partial charge in [0.15, 0.2) is 11.6 Å². The minimum Gasteiger partial charge on any atom is -0.251 e. The Kier molecular flexibility index (Phi) is 3.88. The van der Waals surface area contributed by atoms with Crippen molar-refractivity contribution in [2.75, 3.05) is 0 Å². The minimum absolute atomic E-state index is 0.447. The smallest absolute Gasteiger partial charge is 0.193 e. The van der Waals surface area contributed by atoms with Crippen LogP contribution in [-0.4, -0.2) is 19.9 Å². The second-order valence-corrected chi connectivity index (χ2v) is 6.51. The fourth-order valence-corrected chi connectivity index (χ4v) is 2.72. The third-order valence-corrected chi connectivity index (χ3v) is 4.54. The van der Waals surface area contributed by atoms with Gasteiger partial charge in [0, 0.05) is 0 Å². The Labute approximate surface area is 151 Å². The lowest BCUT2D eigenvalue weighted by Crippen LogP contribution is -1.88. The first-order valence-corrected chi connectivity index (χ1v) is 8.39. The number of aromatic nitrogens is 4. The van der Waals surface area contributed by atoms with Crippen LogP contribution in [0.1, 0.15) is 22.3 Å². The molecule has 0 amide bonds. The number of azo groups is 1. The molecule has 6 heteroatoms. The van der Waals surface area contributed by atoms with Crippen molar-refractivity contribution in [2.24, 2.45) is 10.2 Å². The number of benzene rings is 2. The number of hydrogen-bond donors (Lipinski definition) is 0. The summed E-state index contributed by atoms with van der Waals surface area (Å²) in [6.45, 7) is 8.23. The van der Waals surface area contributed by atoms with Crippen LogP contribution in [0.5, 0.6) is 0 Å². The van der Waals surface area contributed by atoms with E-state index in [1.807, 2.05) is 24.3 Å². The van der Waals surface area contributed by atoms with Gasteiger partial charge in [0.1, 0.15) is 0 Å². The van der Waals surface area contributed by atoms with Crippen LogP contribution >= 0.6 is 0 Å². The fourth-order valence-electron chi connectivity index (χ4n) is 2.72. The van der Waals surface area contributed by atoms with Crippen LogP contribution < -0.4 is 0 Å². The van der Waals surface area contributed by atoms with Crippen LogP contribution in [0.2, 0.25) is 0 Å². The third-order valence-electron chi connectivity index (χ3n) is 4.54. The van der Waals surface area contributed by atoms with Gasteiger partial charge in [-0.1, -0.05) is 0 Å². The van der Waals surface area contributed by atoms with Gasteiger partial charge in [0.25, 0.3) is 0 Å². The zero-order valence-electron chi connectivity index (χ0n) is 15.1. The summed E-state index contributed by atoms with van der Waals surface area (Å²) in [6, 6.07) is 8.07. The molecule has 2 heterocycles. The molecule has 0 radical (unpaired) electrons. The molecule has 128 valence electrons. The second-order valence-electron chi connectivity index (χ2n) is 6.51. The summed E-state index contributed by atoms with van der Waals surface area (Å²) in [5.74, 6) is 0.894. The van der Waals surface area contributed by atoms with E-state index in [-0.39, 0.29) is 0 Å². The van der Waals surface area contributed by atoms with Crippen LogP contribution in [-0.2, 0) is 0 Å². The molecule has 26 heavy (non-hydrogen) atoms. The van der Waals surface area contributed by atoms with Crippen molar-refractivity contribution in [3.05, 3.63) is 58.9 Å². The summed E-state index contributed by atoms with van der Waals surface area (Å²) in [6.07, 6.45) is 3.23. The van der Waals surface area contributed by atoms with Gasteiger partial charge in [0.05, 0.1) is 34.5 Å². The lowest BCUT2D eigenvalue weighted by atomic mass is 10.1. The van der Waals surface area contributed by atoms with Crippen molar-refractivity contribution in [3.8, 4) is 0 Å². The Morgan fingerprint density at radius 3 is 1.27 bits per heavy atom. The van der Waals surface area contributed by atoms with Gasteiger partial charge < -0.3 is 0 Å². The summed E-state index contributed by atoms with van der Waals surface area (Å²) in [7, 11) is 0. The standard InChI is InChI=1S/C20H18N6/c1-11-5-15-17(7-13(11)3)23-19(9-21-15)25-26-20-10-22-16-6-12(2)14(4)8-18(16)24-20/h5-10H,1-4H3/b26-25+. The van der Waals surface area contributed by atoms with E-state index < -0.39 is 0 Å². The lowest BCUT2D eigenvalue weighted by Gasteiger charge is -2.03. The number of nitrogens with zero attached hydrogens (tertiary/aromatic N) is 6. The number of rotatable bonds is 2. The normalized spacial score (nSPS) is 11.7. The highest BCUT2D eigenvalue weighted by molar-refractivity contribution is 5.78. The maximum Gasteiger partial charge on any atom is 0.193 e.